The first-order chi connectivity index (χ1) is 16.1. The molecule has 8 nitrogen and oxygen atoms in total. The second kappa shape index (κ2) is 10.6. The number of ether oxygens (including phenoxy) is 4. The predicted molar refractivity (Wildman–Crippen MR) is 130 cm³/mol. The zero-order valence-corrected chi connectivity index (χ0v) is 20.4. The van der Waals surface area contributed by atoms with Crippen molar-refractivity contribution in [2.75, 3.05) is 27.9 Å². The summed E-state index contributed by atoms with van der Waals surface area (Å²) in [6, 6.07) is 11.4. The second-order valence-electron chi connectivity index (χ2n) is 6.76. The van der Waals surface area contributed by atoms with E-state index in [1.165, 1.54) is 11.8 Å². The van der Waals surface area contributed by atoms with Crippen molar-refractivity contribution in [3.05, 3.63) is 47.5 Å². The van der Waals surface area contributed by atoms with E-state index < -0.39 is 0 Å². The maximum Gasteiger partial charge on any atom is 0.209 e. The highest BCUT2D eigenvalue weighted by Crippen LogP contribution is 2.35. The number of hydrogen-bond acceptors (Lipinski definition) is 9. The molecule has 0 radical (unpaired) electrons. The molecule has 10 heteroatoms. The molecule has 1 N–H and O–H groups in total. The molecule has 0 saturated heterocycles. The maximum atomic E-state index is 5.60. The molecular weight excluding hydrogens is 460 g/mol. The van der Waals surface area contributed by atoms with E-state index in [-0.39, 0.29) is 0 Å². The lowest BCUT2D eigenvalue weighted by Gasteiger charge is -2.09. The fourth-order valence-corrected chi connectivity index (χ4v) is 4.76. The Kier molecular flexibility index (Phi) is 7.36. The summed E-state index contributed by atoms with van der Waals surface area (Å²) in [6.07, 6.45) is 0. The van der Waals surface area contributed by atoms with Crippen LogP contribution in [0.3, 0.4) is 0 Å². The molecule has 4 rings (SSSR count). The van der Waals surface area contributed by atoms with Gasteiger partial charge in [0.15, 0.2) is 17.3 Å². The van der Waals surface area contributed by atoms with Gasteiger partial charge in [-0.2, -0.15) is 0 Å². The molecule has 4 aromatic rings. The van der Waals surface area contributed by atoms with Crippen molar-refractivity contribution in [3.63, 3.8) is 0 Å². The number of aromatic amines is 1. The molecule has 0 fully saturated rings. The fraction of sp³-hybridized carbons (Fsp3) is 0.261. The van der Waals surface area contributed by atoms with Crippen molar-refractivity contribution in [3.8, 4) is 45.0 Å². The number of hydrogen-bond donors (Lipinski definition) is 1. The zero-order valence-electron chi connectivity index (χ0n) is 18.7. The van der Waals surface area contributed by atoms with Gasteiger partial charge >= 0.3 is 0 Å². The lowest BCUT2D eigenvalue weighted by molar-refractivity contribution is 0.311. The Morgan fingerprint density at radius 2 is 1.79 bits per heavy atom. The Hall–Kier alpha value is -3.24. The van der Waals surface area contributed by atoms with Crippen molar-refractivity contribution < 1.29 is 18.9 Å². The van der Waals surface area contributed by atoms with Crippen LogP contribution in [-0.2, 0) is 5.75 Å². The lowest BCUT2D eigenvalue weighted by atomic mass is 10.2. The molecule has 2 aromatic heterocycles. The van der Waals surface area contributed by atoms with Crippen LogP contribution in [0.1, 0.15) is 12.6 Å². The molecule has 0 bridgehead atoms. The number of rotatable bonds is 10. The summed E-state index contributed by atoms with van der Waals surface area (Å²) >= 11 is 3.10. The molecule has 0 atom stereocenters. The number of nitrogens with one attached hydrogen (secondary N) is 1. The van der Waals surface area contributed by atoms with E-state index in [1.807, 2.05) is 48.7 Å². The summed E-state index contributed by atoms with van der Waals surface area (Å²) in [5.74, 6) is 4.10. The summed E-state index contributed by atoms with van der Waals surface area (Å²) in [5, 5.41) is 10.9. The highest BCUT2D eigenvalue weighted by molar-refractivity contribution is 7.98. The largest absolute Gasteiger partial charge is 0.497 e. The van der Waals surface area contributed by atoms with E-state index >= 15 is 0 Å². The van der Waals surface area contributed by atoms with Gasteiger partial charge < -0.3 is 18.9 Å². The van der Waals surface area contributed by atoms with E-state index in [0.717, 1.165) is 27.6 Å². The van der Waals surface area contributed by atoms with Crippen molar-refractivity contribution >= 4 is 23.1 Å². The molecule has 0 aliphatic carbocycles. The molecule has 0 unspecified atom stereocenters. The minimum absolute atomic E-state index is 0.586. The first-order valence-electron chi connectivity index (χ1n) is 10.2. The highest BCUT2D eigenvalue weighted by Gasteiger charge is 2.14. The van der Waals surface area contributed by atoms with Crippen LogP contribution < -0.4 is 18.9 Å². The van der Waals surface area contributed by atoms with Crippen LogP contribution in [-0.4, -0.2) is 48.1 Å². The molecule has 0 amide bonds. The molecule has 0 aliphatic heterocycles. The topological polar surface area (TPSA) is 91.4 Å². The summed E-state index contributed by atoms with van der Waals surface area (Å²) in [7, 11) is 4.87. The predicted octanol–water partition coefficient (Wildman–Crippen LogP) is 5.31. The third-order valence-corrected chi connectivity index (χ3v) is 6.56. The number of thiazole rings is 1. The van der Waals surface area contributed by atoms with Gasteiger partial charge in [-0.15, -0.1) is 16.4 Å². The number of thioether (sulfide) groups is 1. The number of methoxy groups -OCH3 is 3. The quantitative estimate of drug-likeness (QED) is 0.303. The average Bonchev–Trinajstić information content (AvgIpc) is 3.52. The molecule has 0 spiro atoms. The lowest BCUT2D eigenvalue weighted by Crippen LogP contribution is -1.95. The number of H-pyrrole nitrogens is 1. The van der Waals surface area contributed by atoms with Crippen LogP contribution >= 0.6 is 23.1 Å². The third-order valence-electron chi connectivity index (χ3n) is 4.74. The van der Waals surface area contributed by atoms with Gasteiger partial charge in [0.25, 0.3) is 0 Å². The fourth-order valence-electron chi connectivity index (χ4n) is 3.15. The third kappa shape index (κ3) is 5.23. The number of aromatic nitrogens is 4. The summed E-state index contributed by atoms with van der Waals surface area (Å²) < 4.78 is 21.8. The van der Waals surface area contributed by atoms with Crippen LogP contribution in [0.25, 0.3) is 22.0 Å². The Morgan fingerprint density at radius 3 is 2.55 bits per heavy atom. The molecule has 33 heavy (non-hydrogen) atoms. The number of nitrogens with zero attached hydrogens (tertiary/aromatic N) is 3. The summed E-state index contributed by atoms with van der Waals surface area (Å²) in [4.78, 5) is 9.35. The Labute approximate surface area is 200 Å². The molecule has 172 valence electrons. The van der Waals surface area contributed by atoms with Gasteiger partial charge in [0, 0.05) is 22.8 Å². The van der Waals surface area contributed by atoms with Crippen LogP contribution in [0.5, 0.6) is 23.0 Å². The van der Waals surface area contributed by atoms with E-state index in [2.05, 4.69) is 15.2 Å². The van der Waals surface area contributed by atoms with E-state index in [4.69, 9.17) is 23.9 Å². The first kappa shape index (κ1) is 22.9. The van der Waals surface area contributed by atoms with Crippen LogP contribution in [0.15, 0.2) is 46.9 Å². The van der Waals surface area contributed by atoms with Crippen molar-refractivity contribution in [2.24, 2.45) is 0 Å². The molecule has 0 saturated carbocycles. The van der Waals surface area contributed by atoms with Gasteiger partial charge in [-0.25, -0.2) is 9.97 Å². The van der Waals surface area contributed by atoms with Gasteiger partial charge in [-0.05, 0) is 37.3 Å². The normalized spacial score (nSPS) is 10.8. The Balaban J connectivity index is 1.44. The SMILES string of the molecule is CCOc1ccc(-c2nc(CSc3n[nH]c(-c4ccc(OC)cc4OC)n3)cs2)cc1OC. The van der Waals surface area contributed by atoms with Crippen LogP contribution in [0.2, 0.25) is 0 Å². The Bertz CT molecular complexity index is 1220. The zero-order chi connectivity index (χ0) is 23.2. The van der Waals surface area contributed by atoms with Gasteiger partial charge in [0.05, 0.1) is 39.2 Å². The number of benzene rings is 2. The van der Waals surface area contributed by atoms with Crippen molar-refractivity contribution in [1.82, 2.24) is 20.2 Å². The van der Waals surface area contributed by atoms with Crippen LogP contribution in [0, 0.1) is 0 Å². The van der Waals surface area contributed by atoms with E-state index in [9.17, 15) is 0 Å². The van der Waals surface area contributed by atoms with E-state index in [1.54, 1.807) is 32.7 Å². The van der Waals surface area contributed by atoms with Gasteiger partial charge in [-0.3, -0.25) is 5.10 Å². The molecular formula is C23H24N4O4S2. The second-order valence-corrected chi connectivity index (χ2v) is 8.56. The standard InChI is InChI=1S/C23H24N4O4S2/c1-5-31-18-9-6-14(10-20(18)30-4)22-24-15(12-32-22)13-33-23-25-21(26-27-23)17-8-7-16(28-2)11-19(17)29-3/h6-12H,5,13H2,1-4H3,(H,25,26,27). The smallest absolute Gasteiger partial charge is 0.209 e. The van der Waals surface area contributed by atoms with E-state index in [0.29, 0.717) is 40.6 Å². The summed E-state index contributed by atoms with van der Waals surface area (Å²) in [5.41, 5.74) is 2.77. The molecule has 2 heterocycles. The van der Waals surface area contributed by atoms with Gasteiger partial charge in [-0.1, -0.05) is 11.8 Å². The maximum absolute atomic E-state index is 5.60. The average molecular weight is 485 g/mol. The van der Waals surface area contributed by atoms with Gasteiger partial charge in [0.1, 0.15) is 16.5 Å². The van der Waals surface area contributed by atoms with Crippen molar-refractivity contribution in [2.45, 2.75) is 17.8 Å². The Morgan fingerprint density at radius 1 is 0.939 bits per heavy atom. The minimum Gasteiger partial charge on any atom is -0.497 e. The van der Waals surface area contributed by atoms with Crippen molar-refractivity contribution in [1.29, 1.82) is 0 Å². The molecule has 0 aliphatic rings. The first-order valence-corrected chi connectivity index (χ1v) is 12.0. The molecule has 2 aromatic carbocycles. The highest BCUT2D eigenvalue weighted by atomic mass is 32.2. The monoisotopic (exact) mass is 484 g/mol. The van der Waals surface area contributed by atoms with Gasteiger partial charge in [0.2, 0.25) is 5.16 Å². The van der Waals surface area contributed by atoms with Crippen LogP contribution in [0.4, 0.5) is 0 Å². The summed E-state index contributed by atoms with van der Waals surface area (Å²) in [6.45, 7) is 2.53. The minimum atomic E-state index is 0.586.